The summed E-state index contributed by atoms with van der Waals surface area (Å²) in [5.74, 6) is -1.78. The van der Waals surface area contributed by atoms with Gasteiger partial charge in [0.1, 0.15) is 0 Å². The van der Waals surface area contributed by atoms with E-state index in [1.165, 1.54) is 0 Å². The number of carboxylic acid groups (broad SMARTS) is 1. The van der Waals surface area contributed by atoms with E-state index in [0.29, 0.717) is 5.56 Å². The van der Waals surface area contributed by atoms with Crippen LogP contribution in [0.3, 0.4) is 0 Å². The predicted molar refractivity (Wildman–Crippen MR) is 81.5 cm³/mol. The molecule has 1 amide bonds. The first-order chi connectivity index (χ1) is 10.6. The lowest BCUT2D eigenvalue weighted by atomic mass is 10.0. The maximum Gasteiger partial charge on any atom is 0.334 e. The smallest absolute Gasteiger partial charge is 0.334 e. The van der Waals surface area contributed by atoms with Crippen LogP contribution in [0.5, 0.6) is 0 Å². The van der Waals surface area contributed by atoms with Crippen LogP contribution in [0.1, 0.15) is 15.9 Å². The fraction of sp³-hybridized carbons (Fsp3) is 0.176. The fourth-order valence-corrected chi connectivity index (χ4v) is 2.12. The van der Waals surface area contributed by atoms with Gasteiger partial charge in [0.25, 0.3) is 5.91 Å². The van der Waals surface area contributed by atoms with Gasteiger partial charge in [0.05, 0.1) is 6.04 Å². The van der Waals surface area contributed by atoms with Gasteiger partial charge in [0, 0.05) is 5.56 Å². The maximum atomic E-state index is 12.2. The molecule has 0 heterocycles. The molecular weight excluding hydrogens is 282 g/mol. The molecule has 22 heavy (non-hydrogen) atoms. The molecule has 0 unspecified atom stereocenters. The van der Waals surface area contributed by atoms with E-state index < -0.39 is 24.0 Å². The minimum absolute atomic E-state index is 0.229. The Morgan fingerprint density at radius 1 is 0.955 bits per heavy atom. The van der Waals surface area contributed by atoms with E-state index in [4.69, 9.17) is 5.11 Å². The number of benzene rings is 2. The van der Waals surface area contributed by atoms with Crippen molar-refractivity contribution in [2.45, 2.75) is 18.6 Å². The zero-order valence-corrected chi connectivity index (χ0v) is 11.8. The van der Waals surface area contributed by atoms with Gasteiger partial charge < -0.3 is 15.5 Å². The second-order valence-electron chi connectivity index (χ2n) is 4.92. The molecule has 5 nitrogen and oxygen atoms in total. The van der Waals surface area contributed by atoms with E-state index in [2.05, 4.69) is 5.32 Å². The highest BCUT2D eigenvalue weighted by Gasteiger charge is 2.27. The number of carbonyl (C=O) groups excluding carboxylic acids is 1. The molecule has 0 radical (unpaired) electrons. The van der Waals surface area contributed by atoms with Crippen molar-refractivity contribution in [3.63, 3.8) is 0 Å². The number of aliphatic carboxylic acids is 1. The van der Waals surface area contributed by atoms with Crippen LogP contribution in [0.2, 0.25) is 0 Å². The zero-order chi connectivity index (χ0) is 15.9. The Morgan fingerprint density at radius 2 is 1.50 bits per heavy atom. The largest absolute Gasteiger partial charge is 0.479 e. The van der Waals surface area contributed by atoms with Gasteiger partial charge in [-0.2, -0.15) is 0 Å². The lowest BCUT2D eigenvalue weighted by Gasteiger charge is -2.21. The van der Waals surface area contributed by atoms with Crippen molar-refractivity contribution in [1.82, 2.24) is 5.32 Å². The highest BCUT2D eigenvalue weighted by molar-refractivity contribution is 5.94. The first-order valence-corrected chi connectivity index (χ1v) is 6.88. The quantitative estimate of drug-likeness (QED) is 0.754. The van der Waals surface area contributed by atoms with Crippen LogP contribution in [0.15, 0.2) is 60.7 Å². The number of nitrogens with one attached hydrogen (secondary N) is 1. The molecule has 0 bridgehead atoms. The summed E-state index contributed by atoms with van der Waals surface area (Å²) in [6.07, 6.45) is -1.44. The fourth-order valence-electron chi connectivity index (χ4n) is 2.12. The lowest BCUT2D eigenvalue weighted by Crippen LogP contribution is -2.48. The summed E-state index contributed by atoms with van der Waals surface area (Å²) in [6.45, 7) is 0. The van der Waals surface area contributed by atoms with Crippen LogP contribution in [0.4, 0.5) is 0 Å². The number of carboxylic acids is 1. The molecule has 0 fully saturated rings. The molecule has 2 aromatic carbocycles. The third-order valence-corrected chi connectivity index (χ3v) is 3.29. The molecule has 3 N–H and O–H groups in total. The van der Waals surface area contributed by atoms with Crippen molar-refractivity contribution in [2.75, 3.05) is 0 Å². The van der Waals surface area contributed by atoms with E-state index >= 15 is 0 Å². The van der Waals surface area contributed by atoms with Crippen molar-refractivity contribution >= 4 is 11.9 Å². The summed E-state index contributed by atoms with van der Waals surface area (Å²) in [4.78, 5) is 23.2. The Bertz CT molecular complexity index is 628. The second kappa shape index (κ2) is 7.38. The molecule has 0 saturated heterocycles. The molecule has 2 rings (SSSR count). The van der Waals surface area contributed by atoms with Crippen LogP contribution >= 0.6 is 0 Å². The number of carbonyl (C=O) groups is 2. The van der Waals surface area contributed by atoms with Crippen LogP contribution in [-0.4, -0.2) is 34.2 Å². The average Bonchev–Trinajstić information content (AvgIpc) is 2.55. The van der Waals surface area contributed by atoms with Crippen LogP contribution in [0.25, 0.3) is 0 Å². The molecule has 2 atom stereocenters. The number of amides is 1. The van der Waals surface area contributed by atoms with Crippen LogP contribution in [0, 0.1) is 0 Å². The first-order valence-electron chi connectivity index (χ1n) is 6.88. The summed E-state index contributed by atoms with van der Waals surface area (Å²) in [5, 5.41) is 21.4. The van der Waals surface area contributed by atoms with Gasteiger partial charge in [-0.05, 0) is 24.1 Å². The minimum Gasteiger partial charge on any atom is -0.479 e. The Kier molecular flexibility index (Phi) is 5.27. The summed E-state index contributed by atoms with van der Waals surface area (Å²) in [6, 6.07) is 16.7. The van der Waals surface area contributed by atoms with Crippen molar-refractivity contribution in [2.24, 2.45) is 0 Å². The summed E-state index contributed by atoms with van der Waals surface area (Å²) >= 11 is 0. The van der Waals surface area contributed by atoms with Gasteiger partial charge in [0.15, 0.2) is 6.10 Å². The predicted octanol–water partition coefficient (Wildman–Crippen LogP) is 1.47. The van der Waals surface area contributed by atoms with Gasteiger partial charge in [0.2, 0.25) is 0 Å². The molecule has 0 aliphatic heterocycles. The van der Waals surface area contributed by atoms with E-state index in [-0.39, 0.29) is 6.42 Å². The number of aliphatic hydroxyl groups excluding tert-OH is 1. The molecule has 5 heteroatoms. The number of hydrogen-bond acceptors (Lipinski definition) is 3. The third-order valence-electron chi connectivity index (χ3n) is 3.29. The Morgan fingerprint density at radius 3 is 2.05 bits per heavy atom. The average molecular weight is 299 g/mol. The van der Waals surface area contributed by atoms with Crippen molar-refractivity contribution in [3.8, 4) is 0 Å². The Balaban J connectivity index is 2.14. The molecule has 0 aromatic heterocycles. The summed E-state index contributed by atoms with van der Waals surface area (Å²) < 4.78 is 0. The Hall–Kier alpha value is -2.66. The van der Waals surface area contributed by atoms with Crippen LogP contribution < -0.4 is 5.32 Å². The molecule has 114 valence electrons. The molecule has 0 saturated carbocycles. The summed E-state index contributed by atoms with van der Waals surface area (Å²) in [7, 11) is 0. The van der Waals surface area contributed by atoms with Gasteiger partial charge in [-0.1, -0.05) is 48.5 Å². The number of rotatable bonds is 6. The highest BCUT2D eigenvalue weighted by atomic mass is 16.4. The molecular formula is C17H17NO4. The second-order valence-corrected chi connectivity index (χ2v) is 4.92. The third kappa shape index (κ3) is 4.17. The molecule has 0 aliphatic carbocycles. The van der Waals surface area contributed by atoms with E-state index in [9.17, 15) is 14.7 Å². The topological polar surface area (TPSA) is 86.6 Å². The van der Waals surface area contributed by atoms with Crippen molar-refractivity contribution in [1.29, 1.82) is 0 Å². The number of hydrogen-bond donors (Lipinski definition) is 3. The van der Waals surface area contributed by atoms with Crippen molar-refractivity contribution < 1.29 is 19.8 Å². The maximum absolute atomic E-state index is 12.2. The summed E-state index contributed by atoms with van der Waals surface area (Å²) in [5.41, 5.74) is 1.25. The highest BCUT2D eigenvalue weighted by Crippen LogP contribution is 2.08. The molecule has 0 spiro atoms. The zero-order valence-electron chi connectivity index (χ0n) is 11.8. The minimum atomic E-state index is -1.67. The van der Waals surface area contributed by atoms with E-state index in [1.807, 2.05) is 30.3 Å². The first kappa shape index (κ1) is 15.7. The standard InChI is InChI=1S/C17H17NO4/c19-15(17(21)22)14(11-12-7-3-1-4-8-12)18-16(20)13-9-5-2-6-10-13/h1-10,14-15,19H,11H2,(H,18,20)(H,21,22)/t14-,15+/m1/s1. The lowest BCUT2D eigenvalue weighted by molar-refractivity contribution is -0.148. The number of aliphatic hydroxyl groups is 1. The monoisotopic (exact) mass is 299 g/mol. The molecule has 0 aliphatic rings. The van der Waals surface area contributed by atoms with E-state index in [0.717, 1.165) is 5.56 Å². The van der Waals surface area contributed by atoms with Crippen LogP contribution in [-0.2, 0) is 11.2 Å². The Labute approximate surface area is 128 Å². The van der Waals surface area contributed by atoms with Gasteiger partial charge in [-0.15, -0.1) is 0 Å². The van der Waals surface area contributed by atoms with Gasteiger partial charge >= 0.3 is 5.97 Å². The molecule has 2 aromatic rings. The normalized spacial score (nSPS) is 13.1. The van der Waals surface area contributed by atoms with Gasteiger partial charge in [-0.25, -0.2) is 4.79 Å². The van der Waals surface area contributed by atoms with Crippen molar-refractivity contribution in [3.05, 3.63) is 71.8 Å². The van der Waals surface area contributed by atoms with Gasteiger partial charge in [-0.3, -0.25) is 4.79 Å². The SMILES string of the molecule is O=C(N[C@H](Cc1ccccc1)[C@H](O)C(=O)O)c1ccccc1. The van der Waals surface area contributed by atoms with E-state index in [1.54, 1.807) is 30.3 Å².